The maximum atomic E-state index is 13.5. The van der Waals surface area contributed by atoms with Crippen molar-refractivity contribution in [3.63, 3.8) is 0 Å². The van der Waals surface area contributed by atoms with Gasteiger partial charge in [-0.3, -0.25) is 4.79 Å². The van der Waals surface area contributed by atoms with E-state index in [4.69, 9.17) is 9.47 Å². The molecule has 184 valence electrons. The van der Waals surface area contributed by atoms with Gasteiger partial charge in [-0.25, -0.2) is 8.42 Å². The number of piperidine rings is 1. The molecule has 0 aliphatic carbocycles. The van der Waals surface area contributed by atoms with Gasteiger partial charge >= 0.3 is 0 Å². The maximum absolute atomic E-state index is 13.5. The normalized spacial score (nSPS) is 16.6. The molecule has 0 atom stereocenters. The van der Waals surface area contributed by atoms with Crippen molar-refractivity contribution < 1.29 is 22.7 Å². The number of amides is 1. The summed E-state index contributed by atoms with van der Waals surface area (Å²) >= 11 is 0. The monoisotopic (exact) mass is 486 g/mol. The molecule has 34 heavy (non-hydrogen) atoms. The van der Waals surface area contributed by atoms with Gasteiger partial charge in [0.25, 0.3) is 0 Å². The Morgan fingerprint density at radius 1 is 1.00 bits per heavy atom. The second-order valence-electron chi connectivity index (χ2n) is 9.31. The lowest BCUT2D eigenvalue weighted by molar-refractivity contribution is -0.137. The molecule has 0 spiro atoms. The lowest BCUT2D eigenvalue weighted by Gasteiger charge is -2.34. The molecule has 2 aromatic rings. The zero-order valence-corrected chi connectivity index (χ0v) is 21.5. The summed E-state index contributed by atoms with van der Waals surface area (Å²) < 4.78 is 39.5. The fraction of sp³-hybridized carbons (Fsp3) is 0.500. The van der Waals surface area contributed by atoms with Gasteiger partial charge in [0.15, 0.2) is 11.5 Å². The standard InChI is InChI=1S/C26H34N2O5S/c1-6-27(15-21-7-8-23-24(14-21)33-16-32-23)26(29)22-9-11-28(12-10-22)34(30,31)25-19(4)17(2)13-18(3)20(25)5/h7-8,13-14,22H,6,9-12,15-16H2,1-5H3. The van der Waals surface area contributed by atoms with Gasteiger partial charge in [0.2, 0.25) is 22.7 Å². The van der Waals surface area contributed by atoms with Crippen LogP contribution in [-0.4, -0.2) is 50.0 Å². The second kappa shape index (κ2) is 9.58. The predicted octanol–water partition coefficient (Wildman–Crippen LogP) is 4.10. The highest BCUT2D eigenvalue weighted by molar-refractivity contribution is 7.89. The van der Waals surface area contributed by atoms with Crippen LogP contribution >= 0.6 is 0 Å². The van der Waals surface area contributed by atoms with Gasteiger partial charge in [0.05, 0.1) is 4.90 Å². The van der Waals surface area contributed by atoms with E-state index in [2.05, 4.69) is 0 Å². The SMILES string of the molecule is CCN(Cc1ccc2c(c1)OCO2)C(=O)C1CCN(S(=O)(=O)c2c(C)c(C)cc(C)c2C)CC1. The van der Waals surface area contributed by atoms with Gasteiger partial charge in [0, 0.05) is 32.1 Å². The molecule has 0 saturated carbocycles. The van der Waals surface area contributed by atoms with Crippen molar-refractivity contribution in [3.8, 4) is 11.5 Å². The Bertz CT molecular complexity index is 1170. The summed E-state index contributed by atoms with van der Waals surface area (Å²) in [5.41, 5.74) is 4.56. The number of carbonyl (C=O) groups is 1. The van der Waals surface area contributed by atoms with Crippen LogP contribution in [0.4, 0.5) is 0 Å². The minimum atomic E-state index is -3.62. The minimum Gasteiger partial charge on any atom is -0.454 e. The summed E-state index contributed by atoms with van der Waals surface area (Å²) in [4.78, 5) is 15.6. The average molecular weight is 487 g/mol. The second-order valence-corrected chi connectivity index (χ2v) is 11.2. The largest absolute Gasteiger partial charge is 0.454 e. The molecule has 4 rings (SSSR count). The van der Waals surface area contributed by atoms with Gasteiger partial charge in [0.1, 0.15) is 0 Å². The van der Waals surface area contributed by atoms with E-state index in [0.29, 0.717) is 49.7 Å². The number of sulfonamides is 1. The third-order valence-corrected chi connectivity index (χ3v) is 9.38. The van der Waals surface area contributed by atoms with E-state index in [9.17, 15) is 13.2 Å². The molecule has 2 aliphatic rings. The number of hydrogen-bond acceptors (Lipinski definition) is 5. The number of nitrogens with zero attached hydrogens (tertiary/aromatic N) is 2. The van der Waals surface area contributed by atoms with E-state index in [1.807, 2.05) is 63.8 Å². The van der Waals surface area contributed by atoms with Crippen LogP contribution in [0.25, 0.3) is 0 Å². The summed E-state index contributed by atoms with van der Waals surface area (Å²) in [5.74, 6) is 1.33. The van der Waals surface area contributed by atoms with E-state index >= 15 is 0 Å². The Kier molecular flexibility index (Phi) is 6.92. The number of carbonyl (C=O) groups excluding carboxylic acids is 1. The van der Waals surface area contributed by atoms with Crippen LogP contribution in [0.15, 0.2) is 29.2 Å². The molecular formula is C26H34N2O5S. The van der Waals surface area contributed by atoms with E-state index in [0.717, 1.165) is 33.6 Å². The molecule has 0 bridgehead atoms. The molecule has 8 heteroatoms. The topological polar surface area (TPSA) is 76.2 Å². The highest BCUT2D eigenvalue weighted by Gasteiger charge is 2.35. The quantitative estimate of drug-likeness (QED) is 0.615. The van der Waals surface area contributed by atoms with Gasteiger partial charge in [-0.05, 0) is 87.4 Å². The van der Waals surface area contributed by atoms with E-state index in [1.165, 1.54) is 0 Å². The van der Waals surface area contributed by atoms with Crippen LogP contribution < -0.4 is 9.47 Å². The molecule has 0 radical (unpaired) electrons. The predicted molar refractivity (Wildman–Crippen MR) is 131 cm³/mol. The number of hydrogen-bond donors (Lipinski definition) is 0. The molecule has 0 unspecified atom stereocenters. The molecule has 1 fully saturated rings. The van der Waals surface area contributed by atoms with Crippen molar-refractivity contribution in [2.45, 2.75) is 58.9 Å². The van der Waals surface area contributed by atoms with Crippen LogP contribution in [0.3, 0.4) is 0 Å². The molecular weight excluding hydrogens is 452 g/mol. The third-order valence-electron chi connectivity index (χ3n) is 7.20. The third kappa shape index (κ3) is 4.53. The van der Waals surface area contributed by atoms with Gasteiger partial charge in [-0.1, -0.05) is 12.1 Å². The van der Waals surface area contributed by atoms with E-state index in [-0.39, 0.29) is 18.6 Å². The Labute approximate surface area is 202 Å². The molecule has 0 aromatic heterocycles. The van der Waals surface area contributed by atoms with Crippen molar-refractivity contribution in [3.05, 3.63) is 52.1 Å². The first-order chi connectivity index (χ1) is 16.1. The van der Waals surface area contributed by atoms with Crippen molar-refractivity contribution in [1.29, 1.82) is 0 Å². The first-order valence-electron chi connectivity index (χ1n) is 11.9. The summed E-state index contributed by atoms with van der Waals surface area (Å²) in [6.07, 6.45) is 1.05. The highest BCUT2D eigenvalue weighted by Crippen LogP contribution is 2.34. The van der Waals surface area contributed by atoms with Crippen LogP contribution in [0.5, 0.6) is 11.5 Å². The Hall–Kier alpha value is -2.58. The summed E-state index contributed by atoms with van der Waals surface area (Å²) in [7, 11) is -3.62. The fourth-order valence-corrected chi connectivity index (χ4v) is 6.95. The zero-order valence-electron chi connectivity index (χ0n) is 20.7. The Morgan fingerprint density at radius 2 is 1.62 bits per heavy atom. The summed E-state index contributed by atoms with van der Waals surface area (Å²) in [6.45, 7) is 11.6. The zero-order chi connectivity index (χ0) is 24.6. The Morgan fingerprint density at radius 3 is 2.24 bits per heavy atom. The average Bonchev–Trinajstić information content (AvgIpc) is 3.29. The molecule has 1 saturated heterocycles. The van der Waals surface area contributed by atoms with Gasteiger partial charge in [-0.2, -0.15) is 4.31 Å². The lowest BCUT2D eigenvalue weighted by atomic mass is 9.96. The van der Waals surface area contributed by atoms with Crippen molar-refractivity contribution in [2.75, 3.05) is 26.4 Å². The first kappa shape index (κ1) is 24.5. The molecule has 2 aromatic carbocycles. The summed E-state index contributed by atoms with van der Waals surface area (Å²) in [6, 6.07) is 7.78. The number of ether oxygens (including phenoxy) is 2. The number of aryl methyl sites for hydroxylation is 2. The number of benzene rings is 2. The number of fused-ring (bicyclic) bond motifs is 1. The van der Waals surface area contributed by atoms with Gasteiger partial charge < -0.3 is 14.4 Å². The first-order valence-corrected chi connectivity index (χ1v) is 13.3. The van der Waals surface area contributed by atoms with Crippen molar-refractivity contribution in [1.82, 2.24) is 9.21 Å². The van der Waals surface area contributed by atoms with Crippen LogP contribution in [-0.2, 0) is 21.4 Å². The van der Waals surface area contributed by atoms with Crippen LogP contribution in [0.2, 0.25) is 0 Å². The lowest BCUT2D eigenvalue weighted by Crippen LogP contribution is -2.44. The molecule has 7 nitrogen and oxygen atoms in total. The van der Waals surface area contributed by atoms with E-state index in [1.54, 1.807) is 4.31 Å². The van der Waals surface area contributed by atoms with Crippen molar-refractivity contribution >= 4 is 15.9 Å². The maximum Gasteiger partial charge on any atom is 0.243 e. The molecule has 2 aliphatic heterocycles. The fourth-order valence-electron chi connectivity index (χ4n) is 4.90. The number of rotatable bonds is 6. The highest BCUT2D eigenvalue weighted by atomic mass is 32.2. The molecule has 2 heterocycles. The van der Waals surface area contributed by atoms with Crippen LogP contribution in [0.1, 0.15) is 47.6 Å². The summed E-state index contributed by atoms with van der Waals surface area (Å²) in [5, 5.41) is 0. The van der Waals surface area contributed by atoms with Crippen LogP contribution in [0, 0.1) is 33.6 Å². The molecule has 1 amide bonds. The van der Waals surface area contributed by atoms with Crippen molar-refractivity contribution in [2.24, 2.45) is 5.92 Å². The minimum absolute atomic E-state index is 0.0796. The van der Waals surface area contributed by atoms with E-state index < -0.39 is 10.0 Å². The van der Waals surface area contributed by atoms with Gasteiger partial charge in [-0.15, -0.1) is 0 Å². The smallest absolute Gasteiger partial charge is 0.243 e. The Balaban J connectivity index is 1.44. The molecule has 0 N–H and O–H groups in total.